The highest BCUT2D eigenvalue weighted by molar-refractivity contribution is 6.35. The van der Waals surface area contributed by atoms with E-state index in [0.29, 0.717) is 29.4 Å². The zero-order chi connectivity index (χ0) is 20.5. The van der Waals surface area contributed by atoms with Crippen molar-refractivity contribution in [2.45, 2.75) is 38.7 Å². The molecule has 0 spiro atoms. The van der Waals surface area contributed by atoms with Gasteiger partial charge in [0.25, 0.3) is 17.5 Å². The normalized spacial score (nSPS) is 23.4. The van der Waals surface area contributed by atoms with Gasteiger partial charge in [-0.1, -0.05) is 6.92 Å². The maximum Gasteiger partial charge on any atom is 0.277 e. The van der Waals surface area contributed by atoms with Crippen LogP contribution in [0.4, 0.5) is 5.69 Å². The Bertz CT molecular complexity index is 850. The number of imide groups is 1. The number of likely N-dealkylation sites (tertiary alicyclic amines) is 1. The number of nitro benzene ring substituents is 1. The molecule has 8 heteroatoms. The zero-order valence-corrected chi connectivity index (χ0v) is 16.5. The van der Waals surface area contributed by atoms with E-state index >= 15 is 0 Å². The van der Waals surface area contributed by atoms with Crippen LogP contribution in [0.2, 0.25) is 0 Å². The van der Waals surface area contributed by atoms with Crippen molar-refractivity contribution in [1.29, 1.82) is 0 Å². The molecule has 0 radical (unpaired) electrons. The first kappa shape index (κ1) is 19.6. The Morgan fingerprint density at radius 1 is 1.10 bits per heavy atom. The number of nitro groups is 1. The van der Waals surface area contributed by atoms with Crippen LogP contribution < -0.4 is 0 Å². The van der Waals surface area contributed by atoms with Gasteiger partial charge < -0.3 is 9.64 Å². The highest BCUT2D eigenvalue weighted by atomic mass is 16.6. The second-order valence-corrected chi connectivity index (χ2v) is 8.05. The van der Waals surface area contributed by atoms with Crippen LogP contribution in [0, 0.1) is 16.0 Å². The summed E-state index contributed by atoms with van der Waals surface area (Å²) in [6.07, 6.45) is 3.57. The smallest absolute Gasteiger partial charge is 0.277 e. The number of carbonyl (C=O) groups excluding carboxylic acids is 2. The minimum Gasteiger partial charge on any atom is -0.376 e. The fourth-order valence-electron chi connectivity index (χ4n) is 4.26. The Kier molecular flexibility index (Phi) is 5.36. The molecule has 2 saturated heterocycles. The number of hydrogen-bond donors (Lipinski definition) is 0. The topological polar surface area (TPSA) is 93.0 Å². The first-order valence-electron chi connectivity index (χ1n) is 10.2. The molecule has 29 heavy (non-hydrogen) atoms. The number of ether oxygens (including phenoxy) is 1. The first-order valence-corrected chi connectivity index (χ1v) is 10.2. The quantitative estimate of drug-likeness (QED) is 0.429. The molecule has 2 amide bonds. The van der Waals surface area contributed by atoms with Crippen LogP contribution in [0.5, 0.6) is 0 Å². The van der Waals surface area contributed by atoms with Crippen LogP contribution in [0.3, 0.4) is 0 Å². The molecule has 0 aliphatic carbocycles. The largest absolute Gasteiger partial charge is 0.376 e. The van der Waals surface area contributed by atoms with Crippen molar-refractivity contribution in [3.8, 4) is 0 Å². The van der Waals surface area contributed by atoms with Gasteiger partial charge in [0.1, 0.15) is 5.70 Å². The summed E-state index contributed by atoms with van der Waals surface area (Å²) in [6.45, 7) is 4.54. The molecule has 3 aliphatic rings. The van der Waals surface area contributed by atoms with E-state index in [1.54, 1.807) is 12.1 Å². The van der Waals surface area contributed by atoms with Gasteiger partial charge in [0.05, 0.1) is 23.1 Å². The minimum absolute atomic E-state index is 0.0457. The van der Waals surface area contributed by atoms with Gasteiger partial charge in [-0.2, -0.15) is 0 Å². The van der Waals surface area contributed by atoms with Crippen molar-refractivity contribution in [3.63, 3.8) is 0 Å². The summed E-state index contributed by atoms with van der Waals surface area (Å²) in [6, 6.07) is 5.86. The standard InChI is InChI=1S/C21H25N3O5/c1-14-8-10-22(11-9-14)19-18(15-4-6-16(7-5-15)24(27)28)20(25)23(21(19)26)13-17-3-2-12-29-17/h4-7,14,17H,2-3,8-13H2,1H3. The predicted octanol–water partition coefficient (Wildman–Crippen LogP) is 2.59. The zero-order valence-electron chi connectivity index (χ0n) is 16.5. The number of rotatable bonds is 5. The lowest BCUT2D eigenvalue weighted by Crippen LogP contribution is -2.41. The predicted molar refractivity (Wildman–Crippen MR) is 106 cm³/mol. The lowest BCUT2D eigenvalue weighted by molar-refractivity contribution is -0.384. The monoisotopic (exact) mass is 399 g/mol. The molecule has 8 nitrogen and oxygen atoms in total. The molecule has 0 saturated carbocycles. The average molecular weight is 399 g/mol. The number of benzene rings is 1. The fourth-order valence-corrected chi connectivity index (χ4v) is 4.26. The summed E-state index contributed by atoms with van der Waals surface area (Å²) in [5.74, 6) is -0.0359. The Balaban J connectivity index is 1.69. The fraction of sp³-hybridized carbons (Fsp3) is 0.524. The minimum atomic E-state index is -0.476. The third-order valence-electron chi connectivity index (χ3n) is 6.02. The molecule has 1 aromatic rings. The number of carbonyl (C=O) groups is 2. The molecule has 0 N–H and O–H groups in total. The summed E-state index contributed by atoms with van der Waals surface area (Å²) < 4.78 is 5.64. The molecule has 154 valence electrons. The molecule has 4 rings (SSSR count). The Morgan fingerprint density at radius 2 is 1.79 bits per heavy atom. The summed E-state index contributed by atoms with van der Waals surface area (Å²) in [5, 5.41) is 11.0. The van der Waals surface area contributed by atoms with E-state index in [1.807, 2.05) is 4.90 Å². The van der Waals surface area contributed by atoms with Crippen LogP contribution in [0.15, 0.2) is 30.0 Å². The molecule has 3 aliphatic heterocycles. The van der Waals surface area contributed by atoms with Gasteiger partial charge in [-0.05, 0) is 49.3 Å². The molecule has 0 aromatic heterocycles. The SMILES string of the molecule is CC1CCN(C2=C(c3ccc([N+](=O)[O-])cc3)C(=O)N(CC3CCCO3)C2=O)CC1. The van der Waals surface area contributed by atoms with Crippen molar-refractivity contribution in [2.24, 2.45) is 5.92 Å². The second-order valence-electron chi connectivity index (χ2n) is 8.05. The van der Waals surface area contributed by atoms with Gasteiger partial charge in [0.15, 0.2) is 0 Å². The van der Waals surface area contributed by atoms with E-state index in [4.69, 9.17) is 4.74 Å². The van der Waals surface area contributed by atoms with Crippen LogP contribution >= 0.6 is 0 Å². The van der Waals surface area contributed by atoms with Crippen LogP contribution in [0.1, 0.15) is 38.2 Å². The lowest BCUT2D eigenvalue weighted by atomic mass is 9.97. The van der Waals surface area contributed by atoms with Crippen molar-refractivity contribution >= 4 is 23.1 Å². The van der Waals surface area contributed by atoms with Crippen molar-refractivity contribution < 1.29 is 19.2 Å². The van der Waals surface area contributed by atoms with Gasteiger partial charge in [0, 0.05) is 31.8 Å². The lowest BCUT2D eigenvalue weighted by Gasteiger charge is -2.32. The van der Waals surface area contributed by atoms with Crippen molar-refractivity contribution in [3.05, 3.63) is 45.6 Å². The molecule has 1 unspecified atom stereocenters. The van der Waals surface area contributed by atoms with E-state index < -0.39 is 4.92 Å². The molecule has 1 aromatic carbocycles. The van der Waals surface area contributed by atoms with Gasteiger partial charge in [-0.3, -0.25) is 24.6 Å². The summed E-state index contributed by atoms with van der Waals surface area (Å²) in [5.41, 5.74) is 1.26. The van der Waals surface area contributed by atoms with Crippen molar-refractivity contribution in [1.82, 2.24) is 9.80 Å². The van der Waals surface area contributed by atoms with Gasteiger partial charge in [0.2, 0.25) is 0 Å². The number of nitrogens with zero attached hydrogens (tertiary/aromatic N) is 3. The average Bonchev–Trinajstić information content (AvgIpc) is 3.31. The van der Waals surface area contributed by atoms with Crippen molar-refractivity contribution in [2.75, 3.05) is 26.2 Å². The van der Waals surface area contributed by atoms with Crippen LogP contribution in [0.25, 0.3) is 5.57 Å². The van der Waals surface area contributed by atoms with E-state index in [0.717, 1.165) is 38.8 Å². The van der Waals surface area contributed by atoms with E-state index in [9.17, 15) is 19.7 Å². The first-order chi connectivity index (χ1) is 14.0. The number of non-ortho nitro benzene ring substituents is 1. The van der Waals surface area contributed by atoms with Gasteiger partial charge in [-0.15, -0.1) is 0 Å². The third kappa shape index (κ3) is 3.76. The third-order valence-corrected chi connectivity index (χ3v) is 6.02. The Labute approximate surface area is 169 Å². The molecular formula is C21H25N3O5. The number of amides is 2. The van der Waals surface area contributed by atoms with E-state index in [1.165, 1.54) is 17.0 Å². The summed E-state index contributed by atoms with van der Waals surface area (Å²) in [7, 11) is 0. The maximum atomic E-state index is 13.3. The highest BCUT2D eigenvalue weighted by Gasteiger charge is 2.43. The molecule has 1 atom stereocenters. The van der Waals surface area contributed by atoms with Crippen LogP contribution in [-0.2, 0) is 14.3 Å². The second kappa shape index (κ2) is 7.94. The van der Waals surface area contributed by atoms with E-state index in [-0.39, 0.29) is 30.2 Å². The number of piperidine rings is 1. The summed E-state index contributed by atoms with van der Waals surface area (Å²) >= 11 is 0. The Hall–Kier alpha value is -2.74. The van der Waals surface area contributed by atoms with Gasteiger partial charge in [-0.25, -0.2) is 0 Å². The Morgan fingerprint density at radius 3 is 2.38 bits per heavy atom. The van der Waals surface area contributed by atoms with Crippen LogP contribution in [-0.4, -0.2) is 58.9 Å². The maximum absolute atomic E-state index is 13.3. The van der Waals surface area contributed by atoms with E-state index in [2.05, 4.69) is 6.92 Å². The highest BCUT2D eigenvalue weighted by Crippen LogP contribution is 2.35. The molecule has 0 bridgehead atoms. The molecule has 2 fully saturated rings. The summed E-state index contributed by atoms with van der Waals surface area (Å²) in [4.78, 5) is 40.4. The van der Waals surface area contributed by atoms with Gasteiger partial charge >= 0.3 is 0 Å². The number of hydrogen-bond acceptors (Lipinski definition) is 6. The molecular weight excluding hydrogens is 374 g/mol. The molecule has 3 heterocycles.